The molecule has 1 aromatic rings. The Labute approximate surface area is 117 Å². The summed E-state index contributed by atoms with van der Waals surface area (Å²) in [5, 5.41) is 0. The van der Waals surface area contributed by atoms with Gasteiger partial charge in [0.25, 0.3) is 0 Å². The first kappa shape index (κ1) is 14.7. The summed E-state index contributed by atoms with van der Waals surface area (Å²) >= 11 is 7.21. The maximum Gasteiger partial charge on any atom is 0.146 e. The SMILES string of the molecule is C.CS.Nc1c2c(c(Br)c3c1OCC3)CCC2. The molecule has 0 fully saturated rings. The zero-order valence-electron chi connectivity index (χ0n) is 9.35. The van der Waals surface area contributed by atoms with E-state index in [1.54, 1.807) is 6.26 Å². The summed E-state index contributed by atoms with van der Waals surface area (Å²) in [6, 6.07) is 0. The highest BCUT2D eigenvalue weighted by Gasteiger charge is 2.27. The molecule has 1 aliphatic carbocycles. The van der Waals surface area contributed by atoms with Gasteiger partial charge in [0.05, 0.1) is 12.3 Å². The third kappa shape index (κ3) is 2.29. The molecule has 1 aromatic carbocycles. The molecule has 96 valence electrons. The predicted octanol–water partition coefficient (Wildman–Crippen LogP) is 3.64. The summed E-state index contributed by atoms with van der Waals surface area (Å²) in [5.74, 6) is 0.942. The molecule has 1 aliphatic heterocycles. The predicted molar refractivity (Wildman–Crippen MR) is 81.4 cm³/mol. The second kappa shape index (κ2) is 6.01. The van der Waals surface area contributed by atoms with Crippen LogP contribution in [0.4, 0.5) is 5.69 Å². The van der Waals surface area contributed by atoms with Crippen LogP contribution < -0.4 is 10.5 Å². The van der Waals surface area contributed by atoms with Crippen LogP contribution in [0.15, 0.2) is 4.47 Å². The highest BCUT2D eigenvalue weighted by Crippen LogP contribution is 2.45. The molecule has 1 heterocycles. The Morgan fingerprint density at radius 1 is 1.12 bits per heavy atom. The summed E-state index contributed by atoms with van der Waals surface area (Å²) < 4.78 is 6.84. The lowest BCUT2D eigenvalue weighted by molar-refractivity contribution is 0.358. The Kier molecular flexibility index (Phi) is 5.20. The van der Waals surface area contributed by atoms with Crippen LogP contribution in [-0.2, 0) is 19.3 Å². The first-order valence-electron chi connectivity index (χ1n) is 5.48. The largest absolute Gasteiger partial charge is 0.491 e. The van der Waals surface area contributed by atoms with Gasteiger partial charge < -0.3 is 10.5 Å². The standard InChI is InChI=1S/C11H12BrNO.CH4S.CH4/c12-9-6-2-1-3-7(6)10(13)11-8(9)4-5-14-11;1-2;/h1-5,13H2;2H,1H3;1H4. The number of anilines is 1. The zero-order chi connectivity index (χ0) is 11.7. The van der Waals surface area contributed by atoms with Gasteiger partial charge >= 0.3 is 0 Å². The summed E-state index contributed by atoms with van der Waals surface area (Å²) in [6.07, 6.45) is 6.18. The molecule has 0 bridgehead atoms. The van der Waals surface area contributed by atoms with E-state index < -0.39 is 0 Å². The second-order valence-corrected chi connectivity index (χ2v) is 4.74. The van der Waals surface area contributed by atoms with Crippen molar-refractivity contribution in [3.8, 4) is 5.75 Å². The van der Waals surface area contributed by atoms with Crippen LogP contribution in [0.2, 0.25) is 0 Å². The van der Waals surface area contributed by atoms with Crippen molar-refractivity contribution < 1.29 is 4.74 Å². The average molecular weight is 318 g/mol. The molecule has 17 heavy (non-hydrogen) atoms. The number of ether oxygens (including phenoxy) is 1. The van der Waals surface area contributed by atoms with Gasteiger partial charge in [0, 0.05) is 16.5 Å². The van der Waals surface area contributed by atoms with E-state index in [1.165, 1.54) is 27.6 Å². The topological polar surface area (TPSA) is 35.2 Å². The lowest BCUT2D eigenvalue weighted by atomic mass is 10.0. The van der Waals surface area contributed by atoms with Crippen LogP contribution in [0.1, 0.15) is 30.5 Å². The Balaban J connectivity index is 0.000000459. The molecule has 2 N–H and O–H groups in total. The molecular weight excluding hydrogens is 298 g/mol. The molecular formula is C13H20BrNOS. The number of nitrogen functional groups attached to an aromatic ring is 1. The van der Waals surface area contributed by atoms with Crippen molar-refractivity contribution in [2.24, 2.45) is 0 Å². The Hall–Kier alpha value is -0.350. The number of fused-ring (bicyclic) bond motifs is 2. The number of nitrogens with two attached hydrogens (primary N) is 1. The summed E-state index contributed by atoms with van der Waals surface area (Å²) in [4.78, 5) is 0. The Morgan fingerprint density at radius 2 is 1.76 bits per heavy atom. The molecule has 0 aromatic heterocycles. The van der Waals surface area contributed by atoms with Crippen molar-refractivity contribution in [3.63, 3.8) is 0 Å². The molecule has 2 aliphatic rings. The summed E-state index contributed by atoms with van der Waals surface area (Å²) in [5.41, 5.74) is 11.0. The van der Waals surface area contributed by atoms with Gasteiger partial charge in [0.1, 0.15) is 5.75 Å². The molecule has 0 saturated carbocycles. The number of thiol groups is 1. The van der Waals surface area contributed by atoms with Crippen LogP contribution in [0, 0.1) is 0 Å². The molecule has 0 radical (unpaired) electrons. The Bertz CT molecular complexity index is 348. The van der Waals surface area contributed by atoms with E-state index in [9.17, 15) is 0 Å². The number of hydrogen-bond acceptors (Lipinski definition) is 3. The smallest absolute Gasteiger partial charge is 0.146 e. The Morgan fingerprint density at radius 3 is 2.47 bits per heavy atom. The monoisotopic (exact) mass is 317 g/mol. The summed E-state index contributed by atoms with van der Waals surface area (Å²) in [6.45, 7) is 0.779. The lowest BCUT2D eigenvalue weighted by Gasteiger charge is -2.12. The fourth-order valence-electron chi connectivity index (χ4n) is 2.51. The van der Waals surface area contributed by atoms with Crippen molar-refractivity contribution in [3.05, 3.63) is 21.2 Å². The van der Waals surface area contributed by atoms with Gasteiger partial charge in [-0.2, -0.15) is 12.6 Å². The average Bonchev–Trinajstić information content (AvgIpc) is 2.97. The second-order valence-electron chi connectivity index (χ2n) is 3.94. The van der Waals surface area contributed by atoms with Crippen molar-refractivity contribution in [2.75, 3.05) is 18.6 Å². The minimum atomic E-state index is 0. The highest BCUT2D eigenvalue weighted by molar-refractivity contribution is 9.10. The number of benzene rings is 1. The van der Waals surface area contributed by atoms with Crippen molar-refractivity contribution in [2.45, 2.75) is 33.1 Å². The minimum Gasteiger partial charge on any atom is -0.491 e. The van der Waals surface area contributed by atoms with Crippen molar-refractivity contribution in [1.29, 1.82) is 0 Å². The fourth-order valence-corrected chi connectivity index (χ4v) is 3.32. The van der Waals surface area contributed by atoms with Gasteiger partial charge in [0.2, 0.25) is 0 Å². The molecule has 0 unspecified atom stereocenters. The van der Waals surface area contributed by atoms with E-state index >= 15 is 0 Å². The lowest BCUT2D eigenvalue weighted by Crippen LogP contribution is -1.98. The van der Waals surface area contributed by atoms with Crippen molar-refractivity contribution in [1.82, 2.24) is 0 Å². The van der Waals surface area contributed by atoms with Crippen LogP contribution in [0.5, 0.6) is 5.75 Å². The van der Waals surface area contributed by atoms with Crippen molar-refractivity contribution >= 4 is 34.2 Å². The molecule has 2 nitrogen and oxygen atoms in total. The van der Waals surface area contributed by atoms with Crippen LogP contribution in [0.3, 0.4) is 0 Å². The number of halogens is 1. The normalized spacial score (nSPS) is 15.0. The van der Waals surface area contributed by atoms with Gasteiger partial charge in [-0.15, -0.1) is 0 Å². The van der Waals surface area contributed by atoms with Gasteiger partial charge in [-0.05, 0) is 36.6 Å². The third-order valence-corrected chi connectivity index (χ3v) is 4.15. The van der Waals surface area contributed by atoms with Gasteiger partial charge in [0.15, 0.2) is 0 Å². The van der Waals surface area contributed by atoms with E-state index in [0.717, 1.165) is 37.3 Å². The molecule has 0 amide bonds. The molecule has 3 rings (SSSR count). The van der Waals surface area contributed by atoms with E-state index in [-0.39, 0.29) is 7.43 Å². The number of hydrogen-bond donors (Lipinski definition) is 2. The molecule has 0 saturated heterocycles. The zero-order valence-corrected chi connectivity index (χ0v) is 11.8. The van der Waals surface area contributed by atoms with Gasteiger partial charge in [-0.1, -0.05) is 23.4 Å². The highest BCUT2D eigenvalue weighted by atomic mass is 79.9. The van der Waals surface area contributed by atoms with Gasteiger partial charge in [-0.3, -0.25) is 0 Å². The van der Waals surface area contributed by atoms with E-state index in [2.05, 4.69) is 28.6 Å². The van der Waals surface area contributed by atoms with Crippen LogP contribution in [-0.4, -0.2) is 12.9 Å². The molecule has 0 spiro atoms. The fraction of sp³-hybridized carbons (Fsp3) is 0.538. The van der Waals surface area contributed by atoms with Crippen LogP contribution >= 0.6 is 28.6 Å². The maximum atomic E-state index is 6.11. The maximum absolute atomic E-state index is 6.11. The quantitative estimate of drug-likeness (QED) is 0.566. The summed E-state index contributed by atoms with van der Waals surface area (Å²) in [7, 11) is 0. The van der Waals surface area contributed by atoms with E-state index in [1.807, 2.05) is 0 Å². The molecule has 4 heteroatoms. The van der Waals surface area contributed by atoms with E-state index in [0.29, 0.717) is 0 Å². The first-order valence-corrected chi connectivity index (χ1v) is 7.17. The van der Waals surface area contributed by atoms with E-state index in [4.69, 9.17) is 10.5 Å². The van der Waals surface area contributed by atoms with Crippen LogP contribution in [0.25, 0.3) is 0 Å². The molecule has 0 atom stereocenters. The third-order valence-electron chi connectivity index (χ3n) is 3.19. The van der Waals surface area contributed by atoms with Gasteiger partial charge in [-0.25, -0.2) is 0 Å². The minimum absolute atomic E-state index is 0. The first-order chi connectivity index (χ1) is 7.79. The number of rotatable bonds is 0.